The third-order valence-corrected chi connectivity index (χ3v) is 5.03. The van der Waals surface area contributed by atoms with Crippen molar-refractivity contribution in [3.8, 4) is 0 Å². The monoisotopic (exact) mass is 314 g/mol. The molecule has 0 unspecified atom stereocenters. The Hall–Kier alpha value is -1.17. The van der Waals surface area contributed by atoms with Crippen LogP contribution in [0.2, 0.25) is 0 Å². The minimum atomic E-state index is -1.09. The van der Waals surface area contributed by atoms with E-state index in [4.69, 9.17) is 0 Å². The van der Waals surface area contributed by atoms with E-state index in [1.807, 2.05) is 6.08 Å². The van der Waals surface area contributed by atoms with Crippen molar-refractivity contribution >= 4 is 23.8 Å². The van der Waals surface area contributed by atoms with E-state index < -0.39 is 11.5 Å². The fourth-order valence-corrected chi connectivity index (χ4v) is 3.22. The first kappa shape index (κ1) is 17.9. The van der Waals surface area contributed by atoms with Crippen LogP contribution in [0.3, 0.4) is 0 Å². The van der Waals surface area contributed by atoms with E-state index in [1.54, 1.807) is 11.8 Å². The highest BCUT2D eigenvalue weighted by atomic mass is 32.2. The van der Waals surface area contributed by atoms with Crippen LogP contribution in [-0.2, 0) is 4.79 Å². The second kappa shape index (κ2) is 8.97. The van der Waals surface area contributed by atoms with Crippen LogP contribution < -0.4 is 10.6 Å². The summed E-state index contributed by atoms with van der Waals surface area (Å²) in [5, 5.41) is 14.9. The Morgan fingerprint density at radius 2 is 2.10 bits per heavy atom. The molecular formula is C15H26N2O3S. The van der Waals surface area contributed by atoms with E-state index in [0.717, 1.165) is 30.8 Å². The number of hydrogen-bond acceptors (Lipinski definition) is 3. The standard InChI is InChI=1S/C15H26N2O3S/c1-3-10-21-11-9-16-14(20)17-15(13(18)19)7-5-12(4-2)6-8-15/h3,12H,1,4-11H2,2H3,(H,18,19)(H2,16,17,20). The van der Waals surface area contributed by atoms with Gasteiger partial charge in [-0.25, -0.2) is 9.59 Å². The molecule has 1 fully saturated rings. The van der Waals surface area contributed by atoms with Crippen LogP contribution in [0.4, 0.5) is 4.79 Å². The number of urea groups is 1. The van der Waals surface area contributed by atoms with Gasteiger partial charge in [-0.3, -0.25) is 0 Å². The Balaban J connectivity index is 2.42. The summed E-state index contributed by atoms with van der Waals surface area (Å²) in [6, 6.07) is -0.383. The Morgan fingerprint density at radius 3 is 2.62 bits per heavy atom. The zero-order valence-corrected chi connectivity index (χ0v) is 13.5. The van der Waals surface area contributed by atoms with E-state index >= 15 is 0 Å². The van der Waals surface area contributed by atoms with Crippen molar-refractivity contribution in [1.82, 2.24) is 10.6 Å². The van der Waals surface area contributed by atoms with E-state index in [0.29, 0.717) is 25.3 Å². The van der Waals surface area contributed by atoms with Gasteiger partial charge in [0.25, 0.3) is 0 Å². The Kier molecular flexibility index (Phi) is 7.64. The lowest BCUT2D eigenvalue weighted by Gasteiger charge is -2.37. The molecule has 0 radical (unpaired) electrons. The van der Waals surface area contributed by atoms with Crippen LogP contribution in [0, 0.1) is 5.92 Å². The van der Waals surface area contributed by atoms with Gasteiger partial charge in [-0.05, 0) is 31.6 Å². The van der Waals surface area contributed by atoms with E-state index in [-0.39, 0.29) is 6.03 Å². The number of hydrogen-bond donors (Lipinski definition) is 3. The minimum absolute atomic E-state index is 0.383. The first-order valence-electron chi connectivity index (χ1n) is 7.52. The van der Waals surface area contributed by atoms with E-state index in [1.165, 1.54) is 0 Å². The number of aliphatic carboxylic acids is 1. The molecule has 0 bridgehead atoms. The molecule has 0 atom stereocenters. The minimum Gasteiger partial charge on any atom is -0.480 e. The van der Waals surface area contributed by atoms with Crippen molar-refractivity contribution < 1.29 is 14.7 Å². The number of carboxylic acids is 1. The van der Waals surface area contributed by atoms with Gasteiger partial charge >= 0.3 is 12.0 Å². The average Bonchev–Trinajstić information content (AvgIpc) is 2.47. The first-order valence-corrected chi connectivity index (χ1v) is 8.67. The predicted octanol–water partition coefficient (Wildman–Crippen LogP) is 2.63. The van der Waals surface area contributed by atoms with Gasteiger partial charge in [-0.15, -0.1) is 6.58 Å². The first-order chi connectivity index (χ1) is 10.0. The normalized spacial score (nSPS) is 25.1. The maximum absolute atomic E-state index is 11.9. The smallest absolute Gasteiger partial charge is 0.329 e. The van der Waals surface area contributed by atoms with Gasteiger partial charge in [0.2, 0.25) is 0 Å². The fourth-order valence-electron chi connectivity index (χ4n) is 2.64. The summed E-state index contributed by atoms with van der Waals surface area (Å²) in [6.45, 7) is 6.28. The van der Waals surface area contributed by atoms with Gasteiger partial charge in [-0.2, -0.15) is 11.8 Å². The molecule has 5 nitrogen and oxygen atoms in total. The van der Waals surface area contributed by atoms with Gasteiger partial charge in [-0.1, -0.05) is 19.4 Å². The molecule has 0 saturated heterocycles. The molecule has 0 aliphatic heterocycles. The summed E-state index contributed by atoms with van der Waals surface area (Å²) >= 11 is 1.67. The predicted molar refractivity (Wildman–Crippen MR) is 86.7 cm³/mol. The number of nitrogens with one attached hydrogen (secondary N) is 2. The molecule has 0 spiro atoms. The average molecular weight is 314 g/mol. The molecule has 0 heterocycles. The van der Waals surface area contributed by atoms with Crippen LogP contribution in [-0.4, -0.2) is 40.7 Å². The lowest BCUT2D eigenvalue weighted by atomic mass is 9.75. The van der Waals surface area contributed by atoms with E-state index in [9.17, 15) is 14.7 Å². The molecule has 1 aliphatic rings. The molecule has 6 heteroatoms. The molecular weight excluding hydrogens is 288 g/mol. The quantitative estimate of drug-likeness (QED) is 0.475. The third kappa shape index (κ3) is 5.61. The highest BCUT2D eigenvalue weighted by Gasteiger charge is 2.42. The lowest BCUT2D eigenvalue weighted by Crippen LogP contribution is -2.58. The molecule has 2 amide bonds. The molecule has 1 rings (SSSR count). The van der Waals surface area contributed by atoms with Gasteiger partial charge in [0.15, 0.2) is 0 Å². The maximum Gasteiger partial charge on any atom is 0.329 e. The molecule has 21 heavy (non-hydrogen) atoms. The summed E-state index contributed by atoms with van der Waals surface area (Å²) in [5.41, 5.74) is -1.09. The van der Waals surface area contributed by atoms with Crippen molar-refractivity contribution in [3.63, 3.8) is 0 Å². The summed E-state index contributed by atoms with van der Waals surface area (Å²) < 4.78 is 0. The zero-order valence-electron chi connectivity index (χ0n) is 12.7. The van der Waals surface area contributed by atoms with Crippen molar-refractivity contribution in [3.05, 3.63) is 12.7 Å². The zero-order chi connectivity index (χ0) is 15.7. The fraction of sp³-hybridized carbons (Fsp3) is 0.733. The highest BCUT2D eigenvalue weighted by molar-refractivity contribution is 7.99. The number of carbonyl (C=O) groups is 2. The molecule has 3 N–H and O–H groups in total. The molecule has 0 aromatic heterocycles. The van der Waals surface area contributed by atoms with Gasteiger partial charge in [0, 0.05) is 18.1 Å². The Bertz CT molecular complexity index is 366. The number of carboxylic acid groups (broad SMARTS) is 1. The van der Waals surface area contributed by atoms with Crippen LogP contribution in [0.15, 0.2) is 12.7 Å². The van der Waals surface area contributed by atoms with Crippen molar-refractivity contribution in [2.24, 2.45) is 5.92 Å². The molecule has 120 valence electrons. The molecule has 1 saturated carbocycles. The number of rotatable bonds is 8. The highest BCUT2D eigenvalue weighted by Crippen LogP contribution is 2.33. The SMILES string of the molecule is C=CCSCCNC(=O)NC1(C(=O)O)CCC(CC)CC1. The van der Waals surface area contributed by atoms with Crippen molar-refractivity contribution in [1.29, 1.82) is 0 Å². The van der Waals surface area contributed by atoms with Crippen molar-refractivity contribution in [2.75, 3.05) is 18.1 Å². The van der Waals surface area contributed by atoms with Crippen LogP contribution in [0.1, 0.15) is 39.0 Å². The summed E-state index contributed by atoms with van der Waals surface area (Å²) in [7, 11) is 0. The molecule has 1 aliphatic carbocycles. The summed E-state index contributed by atoms with van der Waals surface area (Å²) in [6.07, 6.45) is 5.63. The van der Waals surface area contributed by atoms with Gasteiger partial charge in [0.05, 0.1) is 0 Å². The van der Waals surface area contributed by atoms with Gasteiger partial charge in [0.1, 0.15) is 5.54 Å². The topological polar surface area (TPSA) is 78.4 Å². The second-order valence-electron chi connectivity index (χ2n) is 5.48. The number of carbonyl (C=O) groups excluding carboxylic acids is 1. The summed E-state index contributed by atoms with van der Waals surface area (Å²) in [4.78, 5) is 23.5. The molecule has 0 aromatic carbocycles. The Labute approximate surface area is 130 Å². The maximum atomic E-state index is 11.9. The molecule has 0 aromatic rings. The largest absolute Gasteiger partial charge is 0.480 e. The van der Waals surface area contributed by atoms with Crippen molar-refractivity contribution in [2.45, 2.75) is 44.6 Å². The van der Waals surface area contributed by atoms with Crippen LogP contribution in [0.5, 0.6) is 0 Å². The lowest BCUT2D eigenvalue weighted by molar-refractivity contribution is -0.146. The van der Waals surface area contributed by atoms with Crippen LogP contribution in [0.25, 0.3) is 0 Å². The number of amides is 2. The second-order valence-corrected chi connectivity index (χ2v) is 6.63. The number of thioether (sulfide) groups is 1. The van der Waals surface area contributed by atoms with Gasteiger partial charge < -0.3 is 15.7 Å². The van der Waals surface area contributed by atoms with Crippen LogP contribution >= 0.6 is 11.8 Å². The third-order valence-electron chi connectivity index (χ3n) is 4.07. The van der Waals surface area contributed by atoms with E-state index in [2.05, 4.69) is 24.1 Å². The summed E-state index contributed by atoms with van der Waals surface area (Å²) in [5.74, 6) is 1.30. The Morgan fingerprint density at radius 1 is 1.43 bits per heavy atom.